The highest BCUT2D eigenvalue weighted by atomic mass is 32.2. The quantitative estimate of drug-likeness (QED) is 0.468. The number of rotatable bonds is 9. The average Bonchev–Trinajstić information content (AvgIpc) is 3.51. The van der Waals surface area contributed by atoms with Crippen LogP contribution in [0, 0.1) is 0 Å². The highest BCUT2D eigenvalue weighted by Crippen LogP contribution is 2.24. The minimum Gasteiger partial charge on any atom is -0.350 e. The maximum Gasteiger partial charge on any atom is 0.251 e. The lowest BCUT2D eigenvalue weighted by Gasteiger charge is -2.28. The lowest BCUT2D eigenvalue weighted by molar-refractivity contribution is -0.113. The summed E-state index contributed by atoms with van der Waals surface area (Å²) in [6.07, 6.45) is 2.39. The number of amides is 2. The molecule has 9 nitrogen and oxygen atoms in total. The molecule has 1 aliphatic heterocycles. The molecule has 0 radical (unpaired) electrons. The number of hydrogen-bond acceptors (Lipinski definition) is 7. The zero-order valence-corrected chi connectivity index (χ0v) is 19.3. The van der Waals surface area contributed by atoms with Gasteiger partial charge in [0.05, 0.1) is 11.8 Å². The number of likely N-dealkylation sites (tertiary alicyclic amines) is 1. The van der Waals surface area contributed by atoms with E-state index in [9.17, 15) is 9.59 Å². The molecule has 10 heteroatoms. The van der Waals surface area contributed by atoms with Crippen molar-refractivity contribution in [2.75, 3.05) is 30.7 Å². The Morgan fingerprint density at radius 3 is 2.45 bits per heavy atom. The van der Waals surface area contributed by atoms with Crippen LogP contribution in [0.1, 0.15) is 34.8 Å². The summed E-state index contributed by atoms with van der Waals surface area (Å²) in [6.45, 7) is 2.65. The number of aromatic nitrogens is 4. The first-order chi connectivity index (χ1) is 16.1. The molecule has 4 rings (SSSR count). The van der Waals surface area contributed by atoms with Crippen molar-refractivity contribution in [2.45, 2.75) is 24.0 Å². The average molecular weight is 466 g/mol. The summed E-state index contributed by atoms with van der Waals surface area (Å²) in [5, 5.41) is 17.6. The molecule has 0 aliphatic carbocycles. The standard InChI is InChI=1S/C23H27N7O2S/c1-29-23(26-27-28-29)33-16-21(31)25-19-11-9-18(10-12-19)22(32)24-15-20(30-13-5-6-14-30)17-7-3-2-4-8-17/h2-4,7-12,20H,5-6,13-16H2,1H3,(H,24,32)(H,25,31)/t20-/m0/s1. The SMILES string of the molecule is Cn1nnnc1SCC(=O)Nc1ccc(C(=O)NC[C@@H](c2ccccc2)N2CCCC2)cc1. The lowest BCUT2D eigenvalue weighted by Crippen LogP contribution is -2.36. The zero-order valence-electron chi connectivity index (χ0n) is 18.5. The molecule has 172 valence electrons. The minimum absolute atomic E-state index is 0.127. The molecule has 2 heterocycles. The number of carbonyl (C=O) groups is 2. The number of carbonyl (C=O) groups excluding carboxylic acids is 2. The van der Waals surface area contributed by atoms with Gasteiger partial charge in [0.25, 0.3) is 5.91 Å². The molecular weight excluding hydrogens is 438 g/mol. The maximum atomic E-state index is 12.8. The lowest BCUT2D eigenvalue weighted by atomic mass is 10.1. The van der Waals surface area contributed by atoms with Crippen molar-refractivity contribution < 1.29 is 9.59 Å². The van der Waals surface area contributed by atoms with Crippen molar-refractivity contribution in [3.8, 4) is 0 Å². The Morgan fingerprint density at radius 1 is 1.06 bits per heavy atom. The predicted molar refractivity (Wildman–Crippen MR) is 127 cm³/mol. The molecule has 0 unspecified atom stereocenters. The van der Waals surface area contributed by atoms with Crippen LogP contribution >= 0.6 is 11.8 Å². The molecule has 1 saturated heterocycles. The number of hydrogen-bond donors (Lipinski definition) is 2. The van der Waals surface area contributed by atoms with E-state index >= 15 is 0 Å². The van der Waals surface area contributed by atoms with Crippen LogP contribution in [0.2, 0.25) is 0 Å². The summed E-state index contributed by atoms with van der Waals surface area (Å²) in [7, 11) is 1.72. The van der Waals surface area contributed by atoms with E-state index in [1.165, 1.54) is 34.8 Å². The molecule has 0 spiro atoms. The van der Waals surface area contributed by atoms with Gasteiger partial charge in [0.15, 0.2) is 0 Å². The van der Waals surface area contributed by atoms with Crippen LogP contribution in [0.3, 0.4) is 0 Å². The second kappa shape index (κ2) is 11.1. The molecule has 1 aromatic heterocycles. The molecule has 1 aliphatic rings. The van der Waals surface area contributed by atoms with Gasteiger partial charge in [-0.3, -0.25) is 14.5 Å². The van der Waals surface area contributed by atoms with Crippen LogP contribution in [0.25, 0.3) is 0 Å². The second-order valence-corrected chi connectivity index (χ2v) is 8.82. The molecule has 0 saturated carbocycles. The predicted octanol–water partition coefficient (Wildman–Crippen LogP) is 2.51. The number of benzene rings is 2. The highest BCUT2D eigenvalue weighted by Gasteiger charge is 2.24. The van der Waals surface area contributed by atoms with Gasteiger partial charge in [0.1, 0.15) is 0 Å². The van der Waals surface area contributed by atoms with Crippen LogP contribution in [0.4, 0.5) is 5.69 Å². The van der Waals surface area contributed by atoms with Gasteiger partial charge >= 0.3 is 0 Å². The van der Waals surface area contributed by atoms with E-state index in [1.807, 2.05) is 18.2 Å². The Balaban J connectivity index is 1.30. The van der Waals surface area contributed by atoms with Crippen LogP contribution in [0.5, 0.6) is 0 Å². The third kappa shape index (κ3) is 6.17. The van der Waals surface area contributed by atoms with Crippen molar-refractivity contribution in [2.24, 2.45) is 7.05 Å². The second-order valence-electron chi connectivity index (χ2n) is 7.88. The van der Waals surface area contributed by atoms with Crippen molar-refractivity contribution in [3.05, 3.63) is 65.7 Å². The van der Waals surface area contributed by atoms with Gasteiger partial charge in [0, 0.05) is 24.8 Å². The molecule has 3 aromatic rings. The summed E-state index contributed by atoms with van der Waals surface area (Å²) in [6, 6.07) is 17.4. The van der Waals surface area contributed by atoms with Gasteiger partial charge in [-0.05, 0) is 66.2 Å². The van der Waals surface area contributed by atoms with E-state index in [0.717, 1.165) is 13.1 Å². The first kappa shape index (κ1) is 22.9. The van der Waals surface area contributed by atoms with Gasteiger partial charge in [-0.15, -0.1) is 5.10 Å². The smallest absolute Gasteiger partial charge is 0.251 e. The number of nitrogens with one attached hydrogen (secondary N) is 2. The Bertz CT molecular complexity index is 1070. The minimum atomic E-state index is -0.170. The van der Waals surface area contributed by atoms with E-state index in [2.05, 4.69) is 43.2 Å². The summed E-state index contributed by atoms with van der Waals surface area (Å²) in [4.78, 5) is 27.4. The summed E-state index contributed by atoms with van der Waals surface area (Å²) in [5.41, 5.74) is 2.40. The van der Waals surface area contributed by atoms with Crippen molar-refractivity contribution in [3.63, 3.8) is 0 Å². The summed E-state index contributed by atoms with van der Waals surface area (Å²) >= 11 is 1.25. The van der Waals surface area contributed by atoms with Gasteiger partial charge in [0.2, 0.25) is 11.1 Å². The van der Waals surface area contributed by atoms with Crippen molar-refractivity contribution >= 4 is 29.3 Å². The molecule has 2 amide bonds. The fourth-order valence-corrected chi connectivity index (χ4v) is 4.50. The molecule has 33 heavy (non-hydrogen) atoms. The van der Waals surface area contributed by atoms with Gasteiger partial charge in [-0.2, -0.15) is 0 Å². The summed E-state index contributed by atoms with van der Waals surface area (Å²) in [5.74, 6) is -0.108. The fraction of sp³-hybridized carbons (Fsp3) is 0.348. The van der Waals surface area contributed by atoms with E-state index in [0.29, 0.717) is 23.0 Å². The van der Waals surface area contributed by atoms with Gasteiger partial charge < -0.3 is 10.6 Å². The number of anilines is 1. The van der Waals surface area contributed by atoms with E-state index in [-0.39, 0.29) is 23.6 Å². The van der Waals surface area contributed by atoms with E-state index in [4.69, 9.17) is 0 Å². The Morgan fingerprint density at radius 2 is 1.79 bits per heavy atom. The van der Waals surface area contributed by atoms with Gasteiger partial charge in [-0.1, -0.05) is 42.1 Å². The molecular formula is C23H27N7O2S. The third-order valence-corrected chi connectivity index (χ3v) is 6.58. The monoisotopic (exact) mass is 465 g/mol. The third-order valence-electron chi connectivity index (χ3n) is 5.57. The van der Waals surface area contributed by atoms with Crippen LogP contribution < -0.4 is 10.6 Å². The number of thioether (sulfide) groups is 1. The zero-order chi connectivity index (χ0) is 23.0. The van der Waals surface area contributed by atoms with Crippen LogP contribution in [0.15, 0.2) is 59.8 Å². The van der Waals surface area contributed by atoms with E-state index < -0.39 is 0 Å². The van der Waals surface area contributed by atoms with Crippen LogP contribution in [-0.2, 0) is 11.8 Å². The van der Waals surface area contributed by atoms with Crippen molar-refractivity contribution in [1.82, 2.24) is 30.4 Å². The first-order valence-corrected chi connectivity index (χ1v) is 11.9. The number of nitrogens with zero attached hydrogens (tertiary/aromatic N) is 5. The Hall–Kier alpha value is -3.24. The molecule has 0 bridgehead atoms. The van der Waals surface area contributed by atoms with E-state index in [1.54, 1.807) is 31.3 Å². The van der Waals surface area contributed by atoms with Crippen LogP contribution in [-0.4, -0.2) is 62.3 Å². The molecule has 2 N–H and O–H groups in total. The van der Waals surface area contributed by atoms with Gasteiger partial charge in [-0.25, -0.2) is 4.68 Å². The maximum absolute atomic E-state index is 12.8. The topological polar surface area (TPSA) is 105 Å². The Kier molecular flexibility index (Phi) is 7.69. The first-order valence-electron chi connectivity index (χ1n) is 10.9. The Labute approximate surface area is 196 Å². The number of tetrazole rings is 1. The molecule has 1 fully saturated rings. The fourth-order valence-electron chi connectivity index (χ4n) is 3.85. The molecule has 2 aromatic carbocycles. The largest absolute Gasteiger partial charge is 0.350 e. The normalized spacial score (nSPS) is 14.7. The summed E-state index contributed by atoms with van der Waals surface area (Å²) < 4.78 is 1.51. The van der Waals surface area contributed by atoms with Crippen molar-refractivity contribution in [1.29, 1.82) is 0 Å². The number of aryl methyl sites for hydroxylation is 1. The molecule has 1 atom stereocenters. The highest BCUT2D eigenvalue weighted by molar-refractivity contribution is 7.99.